The van der Waals surface area contributed by atoms with E-state index in [4.69, 9.17) is 5.11 Å². The molecule has 14 heavy (non-hydrogen) atoms. The lowest BCUT2D eigenvalue weighted by atomic mass is 10.3. The van der Waals surface area contributed by atoms with E-state index in [1.54, 1.807) is 6.20 Å². The highest BCUT2D eigenvalue weighted by Gasteiger charge is 2.12. The van der Waals surface area contributed by atoms with Crippen molar-refractivity contribution >= 4 is 17.1 Å². The highest BCUT2D eigenvalue weighted by Crippen LogP contribution is 2.14. The number of H-pyrrole nitrogens is 1. The highest BCUT2D eigenvalue weighted by atomic mass is 16.4. The van der Waals surface area contributed by atoms with Crippen LogP contribution in [0.25, 0.3) is 11.2 Å². The minimum Gasteiger partial charge on any atom is -0.478 e. The van der Waals surface area contributed by atoms with Gasteiger partial charge < -0.3 is 10.1 Å². The van der Waals surface area contributed by atoms with Crippen LogP contribution in [-0.2, 0) is 6.42 Å². The molecule has 0 saturated heterocycles. The van der Waals surface area contributed by atoms with Gasteiger partial charge in [-0.05, 0) is 6.42 Å². The lowest BCUT2D eigenvalue weighted by Crippen LogP contribution is -1.97. The van der Waals surface area contributed by atoms with Crippen LogP contribution in [0.2, 0.25) is 0 Å². The number of nitrogens with zero attached hydrogens (tertiary/aromatic N) is 2. The molecule has 5 nitrogen and oxygen atoms in total. The summed E-state index contributed by atoms with van der Waals surface area (Å²) < 4.78 is 0. The number of rotatable bonds is 2. The van der Waals surface area contributed by atoms with Crippen molar-refractivity contribution in [1.82, 2.24) is 15.0 Å². The van der Waals surface area contributed by atoms with E-state index in [-0.39, 0.29) is 5.56 Å². The predicted octanol–water partition coefficient (Wildman–Crippen LogP) is 1.22. The molecule has 5 heteroatoms. The van der Waals surface area contributed by atoms with Crippen molar-refractivity contribution < 1.29 is 9.90 Å². The summed E-state index contributed by atoms with van der Waals surface area (Å²) in [6, 6.07) is 0. The summed E-state index contributed by atoms with van der Waals surface area (Å²) >= 11 is 0. The fourth-order valence-corrected chi connectivity index (χ4v) is 1.26. The fourth-order valence-electron chi connectivity index (χ4n) is 1.26. The number of carbonyl (C=O) groups is 1. The molecule has 0 unspecified atom stereocenters. The molecule has 0 aromatic carbocycles. The van der Waals surface area contributed by atoms with E-state index in [1.165, 1.54) is 6.20 Å². The summed E-state index contributed by atoms with van der Waals surface area (Å²) in [5, 5.41) is 8.85. The zero-order chi connectivity index (χ0) is 10.1. The first-order chi connectivity index (χ1) is 6.72. The minimum absolute atomic E-state index is 0.169. The van der Waals surface area contributed by atoms with E-state index in [2.05, 4.69) is 15.0 Å². The Bertz CT molecular complexity index is 490. The van der Waals surface area contributed by atoms with Crippen LogP contribution >= 0.6 is 0 Å². The molecule has 2 aromatic rings. The van der Waals surface area contributed by atoms with Gasteiger partial charge in [0, 0.05) is 6.20 Å². The number of fused-ring (bicyclic) bond motifs is 1. The van der Waals surface area contributed by atoms with Gasteiger partial charge in [-0.25, -0.2) is 14.8 Å². The Morgan fingerprint density at radius 2 is 2.43 bits per heavy atom. The number of aromatic nitrogens is 3. The third kappa shape index (κ3) is 1.22. The monoisotopic (exact) mass is 191 g/mol. The first kappa shape index (κ1) is 8.68. The summed E-state index contributed by atoms with van der Waals surface area (Å²) in [5.41, 5.74) is 1.90. The van der Waals surface area contributed by atoms with E-state index in [1.807, 2.05) is 6.92 Å². The normalized spacial score (nSPS) is 10.6. The van der Waals surface area contributed by atoms with Crippen LogP contribution in [0.1, 0.15) is 23.0 Å². The fraction of sp³-hybridized carbons (Fsp3) is 0.222. The quantitative estimate of drug-likeness (QED) is 0.747. The number of aryl methyl sites for hydroxylation is 1. The molecular formula is C9H9N3O2. The van der Waals surface area contributed by atoms with Crippen LogP contribution in [0, 0.1) is 0 Å². The van der Waals surface area contributed by atoms with Gasteiger partial charge in [0.25, 0.3) is 0 Å². The molecular weight excluding hydrogens is 182 g/mol. The number of aromatic amines is 1. The van der Waals surface area contributed by atoms with Crippen molar-refractivity contribution in [3.63, 3.8) is 0 Å². The van der Waals surface area contributed by atoms with Gasteiger partial charge in [-0.15, -0.1) is 0 Å². The molecule has 0 fully saturated rings. The minimum atomic E-state index is -0.987. The zero-order valence-corrected chi connectivity index (χ0v) is 7.61. The van der Waals surface area contributed by atoms with Crippen molar-refractivity contribution in [2.45, 2.75) is 13.3 Å². The second kappa shape index (κ2) is 3.10. The maximum Gasteiger partial charge on any atom is 0.339 e. The van der Waals surface area contributed by atoms with Crippen LogP contribution in [-0.4, -0.2) is 26.0 Å². The maximum absolute atomic E-state index is 10.8. The van der Waals surface area contributed by atoms with E-state index in [0.29, 0.717) is 11.2 Å². The van der Waals surface area contributed by atoms with E-state index in [9.17, 15) is 4.79 Å². The Labute approximate surface area is 79.8 Å². The molecule has 0 bridgehead atoms. The standard InChI is InChI=1S/C9H9N3O2/c1-2-5-3-10-8-7(12-5)6(4-11-8)9(13)14/h3-4H,2H2,1H3,(H,10,11)(H,13,14). The Hall–Kier alpha value is -1.91. The van der Waals surface area contributed by atoms with Crippen LogP contribution in [0.15, 0.2) is 12.4 Å². The molecule has 2 rings (SSSR count). The van der Waals surface area contributed by atoms with Gasteiger partial charge in [0.1, 0.15) is 11.1 Å². The Balaban J connectivity index is 2.69. The SMILES string of the molecule is CCc1cnc2[nH]cc(C(=O)O)c2n1. The molecule has 0 amide bonds. The molecule has 0 aliphatic rings. The van der Waals surface area contributed by atoms with E-state index >= 15 is 0 Å². The van der Waals surface area contributed by atoms with Crippen LogP contribution in [0.4, 0.5) is 0 Å². The summed E-state index contributed by atoms with van der Waals surface area (Å²) in [7, 11) is 0. The molecule has 72 valence electrons. The third-order valence-electron chi connectivity index (χ3n) is 2.02. The Morgan fingerprint density at radius 3 is 3.07 bits per heavy atom. The molecule has 2 heterocycles. The lowest BCUT2D eigenvalue weighted by Gasteiger charge is -1.95. The number of carboxylic acid groups (broad SMARTS) is 1. The van der Waals surface area contributed by atoms with Crippen LogP contribution in [0.3, 0.4) is 0 Å². The molecule has 0 aliphatic heterocycles. The van der Waals surface area contributed by atoms with Gasteiger partial charge in [-0.1, -0.05) is 6.92 Å². The number of hydrogen-bond acceptors (Lipinski definition) is 3. The van der Waals surface area contributed by atoms with Gasteiger partial charge in [0.05, 0.1) is 11.9 Å². The second-order valence-electron chi connectivity index (χ2n) is 2.92. The smallest absolute Gasteiger partial charge is 0.339 e. The van der Waals surface area contributed by atoms with Crippen LogP contribution < -0.4 is 0 Å². The predicted molar refractivity (Wildman–Crippen MR) is 50.2 cm³/mol. The van der Waals surface area contributed by atoms with Gasteiger partial charge in [0.2, 0.25) is 0 Å². The topological polar surface area (TPSA) is 78.9 Å². The van der Waals surface area contributed by atoms with Crippen molar-refractivity contribution in [3.05, 3.63) is 23.7 Å². The van der Waals surface area contributed by atoms with Crippen molar-refractivity contribution in [2.75, 3.05) is 0 Å². The third-order valence-corrected chi connectivity index (χ3v) is 2.02. The zero-order valence-electron chi connectivity index (χ0n) is 7.61. The molecule has 0 spiro atoms. The molecule has 0 atom stereocenters. The molecule has 0 radical (unpaired) electrons. The Kier molecular flexibility index (Phi) is 1.92. The first-order valence-electron chi connectivity index (χ1n) is 4.28. The molecule has 2 aromatic heterocycles. The van der Waals surface area contributed by atoms with Crippen molar-refractivity contribution in [2.24, 2.45) is 0 Å². The second-order valence-corrected chi connectivity index (χ2v) is 2.92. The number of aromatic carboxylic acids is 1. The van der Waals surface area contributed by atoms with Crippen LogP contribution in [0.5, 0.6) is 0 Å². The average molecular weight is 191 g/mol. The number of hydrogen-bond donors (Lipinski definition) is 2. The summed E-state index contributed by atoms with van der Waals surface area (Å²) in [6.45, 7) is 1.95. The van der Waals surface area contributed by atoms with E-state index < -0.39 is 5.97 Å². The Morgan fingerprint density at radius 1 is 1.64 bits per heavy atom. The van der Waals surface area contributed by atoms with Crippen molar-refractivity contribution in [1.29, 1.82) is 0 Å². The van der Waals surface area contributed by atoms with Gasteiger partial charge in [0.15, 0.2) is 5.65 Å². The van der Waals surface area contributed by atoms with Crippen molar-refractivity contribution in [3.8, 4) is 0 Å². The highest BCUT2D eigenvalue weighted by molar-refractivity contribution is 6.00. The summed E-state index contributed by atoms with van der Waals surface area (Å²) in [5.74, 6) is -0.987. The summed E-state index contributed by atoms with van der Waals surface area (Å²) in [4.78, 5) is 21.8. The van der Waals surface area contributed by atoms with Gasteiger partial charge >= 0.3 is 5.97 Å². The first-order valence-corrected chi connectivity index (χ1v) is 4.28. The molecule has 2 N–H and O–H groups in total. The van der Waals surface area contributed by atoms with Gasteiger partial charge in [-0.2, -0.15) is 0 Å². The van der Waals surface area contributed by atoms with Gasteiger partial charge in [-0.3, -0.25) is 0 Å². The summed E-state index contributed by atoms with van der Waals surface area (Å²) in [6.07, 6.45) is 3.80. The maximum atomic E-state index is 10.8. The average Bonchev–Trinajstić information content (AvgIpc) is 2.59. The number of nitrogens with one attached hydrogen (secondary N) is 1. The van der Waals surface area contributed by atoms with E-state index in [0.717, 1.165) is 12.1 Å². The molecule has 0 saturated carbocycles. The number of carboxylic acids is 1. The molecule has 0 aliphatic carbocycles. The largest absolute Gasteiger partial charge is 0.478 e. The lowest BCUT2D eigenvalue weighted by molar-refractivity contribution is 0.0699.